The highest BCUT2D eigenvalue weighted by molar-refractivity contribution is 5.40. The lowest BCUT2D eigenvalue weighted by atomic mass is 10.0. The minimum atomic E-state index is 0.394. The first-order valence-corrected chi connectivity index (χ1v) is 5.91. The molecule has 1 aromatic rings. The van der Waals surface area contributed by atoms with E-state index in [1.807, 2.05) is 6.08 Å². The van der Waals surface area contributed by atoms with Gasteiger partial charge >= 0.3 is 0 Å². The quantitative estimate of drug-likeness (QED) is 0.605. The van der Waals surface area contributed by atoms with Crippen LogP contribution in [0.5, 0.6) is 5.75 Å². The molecule has 0 radical (unpaired) electrons. The Bertz CT molecular complexity index is 373. The maximum absolute atomic E-state index is 5.50. The molecule has 1 N–H and O–H groups in total. The zero-order chi connectivity index (χ0) is 11.4. The van der Waals surface area contributed by atoms with Crippen LogP contribution in [0.3, 0.4) is 0 Å². The maximum atomic E-state index is 5.50. The fourth-order valence-corrected chi connectivity index (χ4v) is 2.00. The predicted octanol–water partition coefficient (Wildman–Crippen LogP) is 2.85. The molecule has 0 aromatic heterocycles. The summed E-state index contributed by atoms with van der Waals surface area (Å²) in [5.41, 5.74) is 2.68. The summed E-state index contributed by atoms with van der Waals surface area (Å²) >= 11 is 0. The molecule has 0 spiro atoms. The summed E-state index contributed by atoms with van der Waals surface area (Å²) in [6.07, 6.45) is 4.00. The smallest absolute Gasteiger partial charge is 0.122 e. The number of rotatable bonds is 5. The molecule has 86 valence electrons. The molecule has 1 aromatic carbocycles. The third-order valence-electron chi connectivity index (χ3n) is 3.01. The second-order valence-electron chi connectivity index (χ2n) is 4.22. The molecule has 16 heavy (non-hydrogen) atoms. The zero-order valence-electron chi connectivity index (χ0n) is 9.83. The van der Waals surface area contributed by atoms with Crippen LogP contribution in [0.25, 0.3) is 0 Å². The summed E-state index contributed by atoms with van der Waals surface area (Å²) in [4.78, 5) is 0. The summed E-state index contributed by atoms with van der Waals surface area (Å²) in [5.74, 6) is 1.06. The Morgan fingerprint density at radius 2 is 2.44 bits per heavy atom. The van der Waals surface area contributed by atoms with Crippen LogP contribution in [0.15, 0.2) is 30.9 Å². The molecular weight excluding hydrogens is 198 g/mol. The zero-order valence-corrected chi connectivity index (χ0v) is 9.83. The fourth-order valence-electron chi connectivity index (χ4n) is 2.00. The van der Waals surface area contributed by atoms with Crippen LogP contribution in [0, 0.1) is 0 Å². The highest BCUT2D eigenvalue weighted by atomic mass is 16.5. The number of benzene rings is 1. The van der Waals surface area contributed by atoms with Gasteiger partial charge in [-0.05, 0) is 37.1 Å². The topological polar surface area (TPSA) is 21.3 Å². The van der Waals surface area contributed by atoms with Gasteiger partial charge in [-0.25, -0.2) is 0 Å². The van der Waals surface area contributed by atoms with Gasteiger partial charge in [0.25, 0.3) is 0 Å². The molecule has 0 amide bonds. The molecule has 1 atom stereocenters. The Labute approximate surface area is 97.3 Å². The average molecular weight is 217 g/mol. The molecular formula is C14H19NO. The number of ether oxygens (including phenoxy) is 1. The van der Waals surface area contributed by atoms with E-state index in [2.05, 4.69) is 37.0 Å². The van der Waals surface area contributed by atoms with Crippen molar-refractivity contribution in [3.8, 4) is 5.75 Å². The molecule has 2 rings (SSSR count). The molecule has 0 fully saturated rings. The van der Waals surface area contributed by atoms with Crippen LogP contribution in [0.4, 0.5) is 0 Å². The lowest BCUT2D eigenvalue weighted by Crippen LogP contribution is -2.19. The molecule has 2 nitrogen and oxygen atoms in total. The van der Waals surface area contributed by atoms with Crippen LogP contribution in [-0.4, -0.2) is 13.2 Å². The molecule has 1 aliphatic rings. The molecule has 0 saturated carbocycles. The number of hydrogen-bond donors (Lipinski definition) is 1. The largest absolute Gasteiger partial charge is 0.493 e. The van der Waals surface area contributed by atoms with Gasteiger partial charge in [0.05, 0.1) is 6.61 Å². The predicted molar refractivity (Wildman–Crippen MR) is 66.9 cm³/mol. The minimum Gasteiger partial charge on any atom is -0.493 e. The van der Waals surface area contributed by atoms with E-state index in [1.165, 1.54) is 11.1 Å². The second kappa shape index (κ2) is 5.17. The van der Waals surface area contributed by atoms with Crippen LogP contribution < -0.4 is 10.1 Å². The van der Waals surface area contributed by atoms with Crippen molar-refractivity contribution in [2.45, 2.75) is 25.8 Å². The molecule has 0 saturated heterocycles. The monoisotopic (exact) mass is 217 g/mol. The lowest BCUT2D eigenvalue weighted by Gasteiger charge is -2.14. The van der Waals surface area contributed by atoms with Gasteiger partial charge in [-0.2, -0.15) is 0 Å². The Kier molecular flexibility index (Phi) is 3.62. The van der Waals surface area contributed by atoms with Gasteiger partial charge < -0.3 is 10.1 Å². The van der Waals surface area contributed by atoms with Crippen molar-refractivity contribution < 1.29 is 4.74 Å². The van der Waals surface area contributed by atoms with Gasteiger partial charge in [0.15, 0.2) is 0 Å². The highest BCUT2D eigenvalue weighted by Gasteiger charge is 2.13. The number of fused-ring (bicyclic) bond motifs is 1. The summed E-state index contributed by atoms with van der Waals surface area (Å²) in [6.45, 7) is 7.73. The van der Waals surface area contributed by atoms with Crippen molar-refractivity contribution in [3.63, 3.8) is 0 Å². The van der Waals surface area contributed by atoms with Crippen LogP contribution in [0.1, 0.15) is 30.5 Å². The van der Waals surface area contributed by atoms with Crippen molar-refractivity contribution >= 4 is 0 Å². The highest BCUT2D eigenvalue weighted by Crippen LogP contribution is 2.27. The first-order chi connectivity index (χ1) is 7.81. The standard InChI is InChI=1S/C14H19NO/c1-3-4-8-15-11(2)12-5-6-14-13(10-12)7-9-16-14/h3,5-6,10-11,15H,1,4,7-9H2,2H3. The minimum absolute atomic E-state index is 0.394. The Morgan fingerprint density at radius 1 is 1.56 bits per heavy atom. The maximum Gasteiger partial charge on any atom is 0.122 e. The van der Waals surface area contributed by atoms with Gasteiger partial charge in [0, 0.05) is 12.5 Å². The Balaban J connectivity index is 2.00. The average Bonchev–Trinajstić information content (AvgIpc) is 2.76. The lowest BCUT2D eigenvalue weighted by molar-refractivity contribution is 0.356. The summed E-state index contributed by atoms with van der Waals surface area (Å²) in [7, 11) is 0. The number of nitrogens with one attached hydrogen (secondary N) is 1. The van der Waals surface area contributed by atoms with Crippen molar-refractivity contribution in [3.05, 3.63) is 42.0 Å². The van der Waals surface area contributed by atoms with E-state index in [-0.39, 0.29) is 0 Å². The van der Waals surface area contributed by atoms with Crippen LogP contribution in [-0.2, 0) is 6.42 Å². The van der Waals surface area contributed by atoms with E-state index in [1.54, 1.807) is 0 Å². The van der Waals surface area contributed by atoms with E-state index >= 15 is 0 Å². The second-order valence-corrected chi connectivity index (χ2v) is 4.22. The van der Waals surface area contributed by atoms with Gasteiger partial charge in [-0.3, -0.25) is 0 Å². The summed E-state index contributed by atoms with van der Waals surface area (Å²) in [5, 5.41) is 3.48. The molecule has 2 heteroatoms. The van der Waals surface area contributed by atoms with Crippen LogP contribution >= 0.6 is 0 Å². The van der Waals surface area contributed by atoms with Gasteiger partial charge in [0.2, 0.25) is 0 Å². The van der Waals surface area contributed by atoms with E-state index in [0.29, 0.717) is 6.04 Å². The first-order valence-electron chi connectivity index (χ1n) is 5.91. The van der Waals surface area contributed by atoms with Gasteiger partial charge in [0.1, 0.15) is 5.75 Å². The van der Waals surface area contributed by atoms with Crippen LogP contribution in [0.2, 0.25) is 0 Å². The molecule has 1 unspecified atom stereocenters. The molecule has 0 bridgehead atoms. The number of hydrogen-bond acceptors (Lipinski definition) is 2. The fraction of sp³-hybridized carbons (Fsp3) is 0.429. The normalized spacial score (nSPS) is 15.3. The molecule has 1 heterocycles. The van der Waals surface area contributed by atoms with Gasteiger partial charge in [-0.1, -0.05) is 18.2 Å². The SMILES string of the molecule is C=CCCNC(C)c1ccc2c(c1)CCO2. The van der Waals surface area contributed by atoms with Crippen molar-refractivity contribution in [1.29, 1.82) is 0 Å². The molecule has 0 aliphatic carbocycles. The van der Waals surface area contributed by atoms with Crippen molar-refractivity contribution in [1.82, 2.24) is 5.32 Å². The third-order valence-corrected chi connectivity index (χ3v) is 3.01. The van der Waals surface area contributed by atoms with Gasteiger partial charge in [-0.15, -0.1) is 6.58 Å². The van der Waals surface area contributed by atoms with E-state index < -0.39 is 0 Å². The third kappa shape index (κ3) is 2.45. The molecule has 1 aliphatic heterocycles. The summed E-state index contributed by atoms with van der Waals surface area (Å²) in [6, 6.07) is 6.89. The Hall–Kier alpha value is -1.28. The van der Waals surface area contributed by atoms with E-state index in [0.717, 1.165) is 31.7 Å². The van der Waals surface area contributed by atoms with E-state index in [4.69, 9.17) is 4.74 Å². The van der Waals surface area contributed by atoms with Crippen molar-refractivity contribution in [2.75, 3.05) is 13.2 Å². The summed E-state index contributed by atoms with van der Waals surface area (Å²) < 4.78 is 5.50. The first kappa shape index (κ1) is 11.2. The van der Waals surface area contributed by atoms with Crippen molar-refractivity contribution in [2.24, 2.45) is 0 Å². The van der Waals surface area contributed by atoms with E-state index in [9.17, 15) is 0 Å². The Morgan fingerprint density at radius 3 is 3.25 bits per heavy atom.